The van der Waals surface area contributed by atoms with E-state index >= 15 is 0 Å². The minimum atomic E-state index is -0.437. The third-order valence-corrected chi connectivity index (χ3v) is 6.34. The van der Waals surface area contributed by atoms with Gasteiger partial charge in [0, 0.05) is 54.9 Å². The van der Waals surface area contributed by atoms with Crippen LogP contribution in [0.1, 0.15) is 24.2 Å². The highest BCUT2D eigenvalue weighted by molar-refractivity contribution is 5.98. The first kappa shape index (κ1) is 25.1. The lowest BCUT2D eigenvalue weighted by Crippen LogP contribution is -2.50. The Balaban J connectivity index is 1.62. The molecule has 3 heterocycles. The Labute approximate surface area is 210 Å². The standard InChI is InChI=1S/C27H31N5O4/c1-18-15-32(19(2)17-33)26(34)23-12-21(20-8-7-11-28-13-20)14-29-25(23)36-24(18)16-31(3)27(35)30-22-9-5-4-6-10-22/h4-14,18-19,24,33H,15-17H2,1-3H3,(H,30,35)/t18-,19+,24+/m1/s1. The molecule has 0 unspecified atom stereocenters. The van der Waals surface area contributed by atoms with Crippen LogP contribution in [-0.4, -0.2) is 75.7 Å². The molecule has 0 saturated heterocycles. The van der Waals surface area contributed by atoms with Crippen molar-refractivity contribution in [2.45, 2.75) is 26.0 Å². The second kappa shape index (κ2) is 11.2. The van der Waals surface area contributed by atoms with Crippen molar-refractivity contribution >= 4 is 17.6 Å². The molecular weight excluding hydrogens is 458 g/mol. The third kappa shape index (κ3) is 5.63. The van der Waals surface area contributed by atoms with Gasteiger partial charge in [-0.05, 0) is 31.2 Å². The molecule has 0 spiro atoms. The van der Waals surface area contributed by atoms with Crippen molar-refractivity contribution in [2.75, 3.05) is 32.1 Å². The van der Waals surface area contributed by atoms with Gasteiger partial charge in [-0.2, -0.15) is 0 Å². The van der Waals surface area contributed by atoms with Crippen LogP contribution in [0.5, 0.6) is 5.88 Å². The van der Waals surface area contributed by atoms with Gasteiger partial charge in [0.05, 0.1) is 19.2 Å². The van der Waals surface area contributed by atoms with Crippen LogP contribution in [0.15, 0.2) is 67.1 Å². The maximum atomic E-state index is 13.6. The van der Waals surface area contributed by atoms with E-state index in [2.05, 4.69) is 15.3 Å². The van der Waals surface area contributed by atoms with Crippen LogP contribution >= 0.6 is 0 Å². The van der Waals surface area contributed by atoms with Gasteiger partial charge < -0.3 is 25.0 Å². The van der Waals surface area contributed by atoms with Gasteiger partial charge in [-0.1, -0.05) is 31.2 Å². The predicted molar refractivity (Wildman–Crippen MR) is 137 cm³/mol. The van der Waals surface area contributed by atoms with E-state index in [1.807, 2.05) is 49.4 Å². The first-order valence-electron chi connectivity index (χ1n) is 11.9. The number of hydrogen-bond acceptors (Lipinski definition) is 6. The zero-order valence-electron chi connectivity index (χ0n) is 20.7. The molecule has 2 N–H and O–H groups in total. The van der Waals surface area contributed by atoms with Gasteiger partial charge in [0.15, 0.2) is 0 Å². The van der Waals surface area contributed by atoms with Crippen molar-refractivity contribution in [3.63, 3.8) is 0 Å². The number of nitrogens with one attached hydrogen (secondary N) is 1. The molecule has 3 amide bonds. The lowest BCUT2D eigenvalue weighted by atomic mass is 9.99. The maximum Gasteiger partial charge on any atom is 0.321 e. The van der Waals surface area contributed by atoms with Gasteiger partial charge in [0.25, 0.3) is 5.91 Å². The molecule has 3 atom stereocenters. The van der Waals surface area contributed by atoms with Gasteiger partial charge in [0.1, 0.15) is 11.7 Å². The number of hydrogen-bond donors (Lipinski definition) is 2. The predicted octanol–water partition coefficient (Wildman–Crippen LogP) is 3.53. The molecule has 2 aromatic heterocycles. The number of carbonyl (C=O) groups excluding carboxylic acids is 2. The average molecular weight is 490 g/mol. The Morgan fingerprint density at radius 3 is 2.69 bits per heavy atom. The fraction of sp³-hybridized carbons (Fsp3) is 0.333. The number of anilines is 1. The molecule has 0 bridgehead atoms. The Bertz CT molecular complexity index is 1190. The number of ether oxygens (including phenoxy) is 1. The van der Waals surface area contributed by atoms with Crippen molar-refractivity contribution in [1.29, 1.82) is 0 Å². The number of rotatable bonds is 6. The number of likely N-dealkylation sites (N-methyl/N-ethyl adjacent to an activating group) is 1. The summed E-state index contributed by atoms with van der Waals surface area (Å²) in [5.41, 5.74) is 2.57. The second-order valence-electron chi connectivity index (χ2n) is 9.12. The minimum absolute atomic E-state index is 0.136. The number of aliphatic hydroxyl groups excluding tert-OH is 1. The fourth-order valence-electron chi connectivity index (χ4n) is 4.10. The maximum absolute atomic E-state index is 13.6. The summed E-state index contributed by atoms with van der Waals surface area (Å²) in [5.74, 6) is -0.190. The van der Waals surface area contributed by atoms with Crippen molar-refractivity contribution < 1.29 is 19.4 Å². The molecule has 0 radical (unpaired) electrons. The van der Waals surface area contributed by atoms with Crippen molar-refractivity contribution in [2.24, 2.45) is 5.92 Å². The van der Waals surface area contributed by atoms with Gasteiger partial charge in [0.2, 0.25) is 5.88 Å². The monoisotopic (exact) mass is 489 g/mol. The van der Waals surface area contributed by atoms with Gasteiger partial charge in [-0.15, -0.1) is 0 Å². The number of urea groups is 1. The quantitative estimate of drug-likeness (QED) is 0.549. The van der Waals surface area contributed by atoms with Crippen molar-refractivity contribution in [1.82, 2.24) is 19.8 Å². The SMILES string of the molecule is C[C@@H]1CN([C@@H](C)CO)C(=O)c2cc(-c3cccnc3)cnc2O[C@H]1CN(C)C(=O)Nc1ccccc1. The summed E-state index contributed by atoms with van der Waals surface area (Å²) in [6, 6.07) is 14.0. The number of aliphatic hydroxyl groups is 1. The van der Waals surface area contributed by atoms with Gasteiger partial charge in [-0.3, -0.25) is 9.78 Å². The summed E-state index contributed by atoms with van der Waals surface area (Å²) in [4.78, 5) is 38.2. The van der Waals surface area contributed by atoms with Crippen LogP contribution in [0.25, 0.3) is 11.1 Å². The van der Waals surface area contributed by atoms with Crippen LogP contribution < -0.4 is 10.1 Å². The molecule has 1 aliphatic heterocycles. The third-order valence-electron chi connectivity index (χ3n) is 6.34. The highest BCUT2D eigenvalue weighted by Crippen LogP contribution is 2.30. The highest BCUT2D eigenvalue weighted by Gasteiger charge is 2.34. The molecule has 1 aliphatic rings. The minimum Gasteiger partial charge on any atom is -0.472 e. The van der Waals surface area contributed by atoms with Gasteiger partial charge in [-0.25, -0.2) is 9.78 Å². The normalized spacial score (nSPS) is 18.3. The summed E-state index contributed by atoms with van der Waals surface area (Å²) in [6.45, 7) is 4.23. The van der Waals surface area contributed by atoms with E-state index in [0.717, 1.165) is 11.1 Å². The number of carbonyl (C=O) groups is 2. The first-order valence-corrected chi connectivity index (χ1v) is 11.9. The van der Waals surface area contributed by atoms with Crippen LogP contribution in [-0.2, 0) is 0 Å². The summed E-state index contributed by atoms with van der Waals surface area (Å²) in [7, 11) is 1.70. The molecule has 0 aliphatic carbocycles. The summed E-state index contributed by atoms with van der Waals surface area (Å²) in [6.07, 6.45) is 4.60. The van der Waals surface area contributed by atoms with Gasteiger partial charge >= 0.3 is 6.03 Å². The fourth-order valence-corrected chi connectivity index (χ4v) is 4.10. The van der Waals surface area contributed by atoms with Crippen LogP contribution in [0.4, 0.5) is 10.5 Å². The average Bonchev–Trinajstić information content (AvgIpc) is 2.91. The van der Waals surface area contributed by atoms with Crippen LogP contribution in [0, 0.1) is 5.92 Å². The smallest absolute Gasteiger partial charge is 0.321 e. The highest BCUT2D eigenvalue weighted by atomic mass is 16.5. The Morgan fingerprint density at radius 2 is 2.00 bits per heavy atom. The summed E-state index contributed by atoms with van der Waals surface area (Å²) >= 11 is 0. The number of pyridine rings is 2. The van der Waals surface area contributed by atoms with Crippen molar-refractivity contribution in [3.8, 4) is 17.0 Å². The molecular formula is C27H31N5O4. The van der Waals surface area contributed by atoms with E-state index < -0.39 is 12.1 Å². The van der Waals surface area contributed by atoms with E-state index in [9.17, 15) is 14.7 Å². The van der Waals surface area contributed by atoms with E-state index in [4.69, 9.17) is 4.74 Å². The number of aromatic nitrogens is 2. The van der Waals surface area contributed by atoms with E-state index in [1.165, 1.54) is 0 Å². The Kier molecular flexibility index (Phi) is 7.80. The first-order chi connectivity index (χ1) is 17.4. The second-order valence-corrected chi connectivity index (χ2v) is 9.12. The number of benzene rings is 1. The Hall–Kier alpha value is -3.98. The lowest BCUT2D eigenvalue weighted by molar-refractivity contribution is 0.0356. The largest absolute Gasteiger partial charge is 0.472 e. The molecule has 9 heteroatoms. The van der Waals surface area contributed by atoms with Crippen LogP contribution in [0.2, 0.25) is 0 Å². The zero-order chi connectivity index (χ0) is 25.7. The number of para-hydroxylation sites is 1. The topological polar surface area (TPSA) is 108 Å². The molecule has 188 valence electrons. The summed E-state index contributed by atoms with van der Waals surface area (Å²) in [5, 5.41) is 12.7. The molecule has 3 aromatic rings. The molecule has 0 saturated carbocycles. The zero-order valence-corrected chi connectivity index (χ0v) is 20.7. The number of fused-ring (bicyclic) bond motifs is 1. The van der Waals surface area contributed by atoms with E-state index in [0.29, 0.717) is 17.8 Å². The molecule has 1 aromatic carbocycles. The lowest BCUT2D eigenvalue weighted by Gasteiger charge is -2.37. The van der Waals surface area contributed by atoms with Crippen molar-refractivity contribution in [3.05, 3.63) is 72.7 Å². The van der Waals surface area contributed by atoms with E-state index in [-0.39, 0.29) is 36.9 Å². The molecule has 4 rings (SSSR count). The summed E-state index contributed by atoms with van der Waals surface area (Å²) < 4.78 is 6.28. The van der Waals surface area contributed by atoms with E-state index in [1.54, 1.807) is 48.4 Å². The number of amides is 3. The number of nitrogens with zero attached hydrogens (tertiary/aromatic N) is 4. The molecule has 9 nitrogen and oxygen atoms in total. The Morgan fingerprint density at radius 1 is 1.22 bits per heavy atom. The molecule has 0 fully saturated rings. The molecule has 36 heavy (non-hydrogen) atoms. The van der Waals surface area contributed by atoms with Crippen LogP contribution in [0.3, 0.4) is 0 Å².